The maximum Gasteiger partial charge on any atom is 0.256 e. The van der Waals surface area contributed by atoms with E-state index in [0.717, 1.165) is 38.7 Å². The van der Waals surface area contributed by atoms with E-state index in [9.17, 15) is 4.79 Å². The van der Waals surface area contributed by atoms with Gasteiger partial charge >= 0.3 is 0 Å². The largest absolute Gasteiger partial charge is 0.383 e. The van der Waals surface area contributed by atoms with Gasteiger partial charge in [-0.15, -0.1) is 0 Å². The van der Waals surface area contributed by atoms with Crippen LogP contribution >= 0.6 is 0 Å². The Hall–Kier alpha value is -2.86. The van der Waals surface area contributed by atoms with Crippen molar-refractivity contribution in [3.05, 3.63) is 46.6 Å². The van der Waals surface area contributed by atoms with Crippen LogP contribution in [0, 0.1) is 0 Å². The van der Waals surface area contributed by atoms with Crippen LogP contribution < -0.4 is 10.9 Å². The number of rotatable bonds is 5. The van der Waals surface area contributed by atoms with Gasteiger partial charge in [-0.1, -0.05) is 18.9 Å². The maximum absolute atomic E-state index is 12.7. The molecule has 0 spiro atoms. The molecule has 1 saturated carbocycles. The molecule has 2 aromatic carbocycles. The molecular formula is C22H24N4O2. The Balaban J connectivity index is 1.77. The first-order valence-corrected chi connectivity index (χ1v) is 9.96. The Kier molecular flexibility index (Phi) is 4.28. The fraction of sp³-hybridized carbons (Fsp3) is 0.364. The molecule has 0 bridgehead atoms. The first-order chi connectivity index (χ1) is 13.8. The number of aromatic nitrogens is 3. The summed E-state index contributed by atoms with van der Waals surface area (Å²) in [7, 11) is 1.69. The molecule has 0 aliphatic heterocycles. The van der Waals surface area contributed by atoms with Crippen LogP contribution in [0.1, 0.15) is 37.4 Å². The molecule has 3 N–H and O–H groups in total. The van der Waals surface area contributed by atoms with Crippen LogP contribution in [0.4, 0.5) is 5.69 Å². The molecule has 0 atom stereocenters. The van der Waals surface area contributed by atoms with E-state index in [0.29, 0.717) is 24.5 Å². The van der Waals surface area contributed by atoms with Crippen LogP contribution in [0.25, 0.3) is 32.6 Å². The van der Waals surface area contributed by atoms with Gasteiger partial charge in [0, 0.05) is 42.2 Å². The molecule has 144 valence electrons. The van der Waals surface area contributed by atoms with Gasteiger partial charge in [0.2, 0.25) is 0 Å². The van der Waals surface area contributed by atoms with Gasteiger partial charge in [-0.3, -0.25) is 4.79 Å². The van der Waals surface area contributed by atoms with Crippen molar-refractivity contribution in [3.63, 3.8) is 0 Å². The van der Waals surface area contributed by atoms with Crippen molar-refractivity contribution in [1.82, 2.24) is 15.0 Å². The van der Waals surface area contributed by atoms with Crippen LogP contribution in [0.3, 0.4) is 0 Å². The van der Waals surface area contributed by atoms with Crippen molar-refractivity contribution in [2.45, 2.75) is 31.6 Å². The summed E-state index contributed by atoms with van der Waals surface area (Å²) in [6, 6.07) is 8.15. The lowest BCUT2D eigenvalue weighted by Crippen LogP contribution is -2.08. The molecule has 0 amide bonds. The first kappa shape index (κ1) is 17.3. The highest BCUT2D eigenvalue weighted by Crippen LogP contribution is 2.37. The van der Waals surface area contributed by atoms with Gasteiger partial charge in [-0.2, -0.15) is 0 Å². The van der Waals surface area contributed by atoms with E-state index in [4.69, 9.17) is 9.72 Å². The van der Waals surface area contributed by atoms with Gasteiger partial charge in [0.1, 0.15) is 5.82 Å². The highest BCUT2D eigenvalue weighted by Gasteiger charge is 2.22. The second-order valence-electron chi connectivity index (χ2n) is 7.60. The standard InChI is InChI=1S/C22H24N4O2/c1-28-11-10-23-14-6-7-15-17(12-14)18-16(8-9-24-22(18)27)20-19(15)25-21(26-20)13-4-2-3-5-13/h6-9,12-13,23H,2-5,10-11H2,1H3,(H,24,27)(H,25,26). The zero-order valence-electron chi connectivity index (χ0n) is 16.0. The number of hydrogen-bond acceptors (Lipinski definition) is 4. The van der Waals surface area contributed by atoms with Crippen LogP contribution in [-0.4, -0.2) is 35.2 Å². The lowest BCUT2D eigenvalue weighted by atomic mass is 10.0. The van der Waals surface area contributed by atoms with E-state index < -0.39 is 0 Å². The summed E-state index contributed by atoms with van der Waals surface area (Å²) in [5.41, 5.74) is 2.82. The summed E-state index contributed by atoms with van der Waals surface area (Å²) < 4.78 is 5.12. The SMILES string of the molecule is COCCNc1ccc2c(c1)c1c(=O)[nH]ccc1c1nc(C3CCCC3)[nH]c21. The van der Waals surface area contributed by atoms with Gasteiger partial charge in [-0.25, -0.2) is 4.98 Å². The van der Waals surface area contributed by atoms with Gasteiger partial charge in [0.25, 0.3) is 5.56 Å². The Bertz CT molecular complexity index is 1220. The summed E-state index contributed by atoms with van der Waals surface area (Å²) in [6.45, 7) is 1.35. The van der Waals surface area contributed by atoms with Crippen molar-refractivity contribution in [3.8, 4) is 0 Å². The van der Waals surface area contributed by atoms with Gasteiger partial charge in [0.05, 0.1) is 23.0 Å². The summed E-state index contributed by atoms with van der Waals surface area (Å²) in [4.78, 5) is 24.1. The van der Waals surface area contributed by atoms with Crippen molar-refractivity contribution < 1.29 is 4.74 Å². The Labute approximate surface area is 162 Å². The van der Waals surface area contributed by atoms with Crippen LogP contribution in [0.2, 0.25) is 0 Å². The molecular weight excluding hydrogens is 352 g/mol. The van der Waals surface area contributed by atoms with E-state index in [1.807, 2.05) is 6.07 Å². The molecule has 2 aromatic heterocycles. The zero-order chi connectivity index (χ0) is 19.1. The predicted octanol–water partition coefficient (Wildman–Crippen LogP) is 4.27. The number of ether oxygens (including phenoxy) is 1. The molecule has 0 radical (unpaired) electrons. The average molecular weight is 376 g/mol. The number of nitrogens with zero attached hydrogens (tertiary/aromatic N) is 1. The summed E-state index contributed by atoms with van der Waals surface area (Å²) >= 11 is 0. The molecule has 1 aliphatic carbocycles. The highest BCUT2D eigenvalue weighted by molar-refractivity contribution is 6.23. The van der Waals surface area contributed by atoms with Crippen LogP contribution in [0.15, 0.2) is 35.3 Å². The van der Waals surface area contributed by atoms with Crippen molar-refractivity contribution in [2.24, 2.45) is 0 Å². The number of anilines is 1. The molecule has 0 unspecified atom stereocenters. The third kappa shape index (κ3) is 2.76. The Morgan fingerprint density at radius 3 is 2.86 bits per heavy atom. The van der Waals surface area contributed by atoms with E-state index in [1.54, 1.807) is 13.3 Å². The molecule has 6 nitrogen and oxygen atoms in total. The fourth-order valence-electron chi connectivity index (χ4n) is 4.49. The molecule has 28 heavy (non-hydrogen) atoms. The third-order valence-electron chi connectivity index (χ3n) is 5.87. The van der Waals surface area contributed by atoms with Crippen molar-refractivity contribution in [1.29, 1.82) is 0 Å². The number of benzene rings is 2. The smallest absolute Gasteiger partial charge is 0.256 e. The maximum atomic E-state index is 12.7. The molecule has 5 rings (SSSR count). The lowest BCUT2D eigenvalue weighted by Gasteiger charge is -2.09. The van der Waals surface area contributed by atoms with Gasteiger partial charge < -0.3 is 20.0 Å². The molecule has 0 saturated heterocycles. The number of pyridine rings is 1. The highest BCUT2D eigenvalue weighted by atomic mass is 16.5. The number of aromatic amines is 2. The monoisotopic (exact) mass is 376 g/mol. The summed E-state index contributed by atoms with van der Waals surface area (Å²) in [5, 5.41) is 6.93. The van der Waals surface area contributed by atoms with Gasteiger partial charge in [-0.05, 0) is 36.4 Å². The number of hydrogen-bond donors (Lipinski definition) is 3. The Morgan fingerprint density at radius 1 is 1.18 bits per heavy atom. The number of imidazole rings is 1. The topological polar surface area (TPSA) is 82.8 Å². The van der Waals surface area contributed by atoms with Crippen molar-refractivity contribution >= 4 is 38.3 Å². The zero-order valence-corrected chi connectivity index (χ0v) is 16.0. The number of methoxy groups -OCH3 is 1. The minimum atomic E-state index is -0.0798. The van der Waals surface area contributed by atoms with Gasteiger partial charge in [0.15, 0.2) is 0 Å². The van der Waals surface area contributed by atoms with E-state index in [-0.39, 0.29) is 5.56 Å². The number of nitrogens with one attached hydrogen (secondary N) is 3. The third-order valence-corrected chi connectivity index (χ3v) is 5.87. The molecule has 1 fully saturated rings. The first-order valence-electron chi connectivity index (χ1n) is 9.96. The second kappa shape index (κ2) is 6.95. The molecule has 4 aromatic rings. The minimum absolute atomic E-state index is 0.0798. The predicted molar refractivity (Wildman–Crippen MR) is 113 cm³/mol. The second-order valence-corrected chi connectivity index (χ2v) is 7.60. The normalized spacial score (nSPS) is 15.2. The summed E-state index contributed by atoms with van der Waals surface area (Å²) in [5.74, 6) is 1.55. The summed E-state index contributed by atoms with van der Waals surface area (Å²) in [6.07, 6.45) is 6.60. The molecule has 1 aliphatic rings. The molecule has 2 heterocycles. The van der Waals surface area contributed by atoms with E-state index >= 15 is 0 Å². The Morgan fingerprint density at radius 2 is 2.04 bits per heavy atom. The number of fused-ring (bicyclic) bond motifs is 6. The minimum Gasteiger partial charge on any atom is -0.383 e. The quantitative estimate of drug-likeness (QED) is 0.359. The van der Waals surface area contributed by atoms with E-state index in [2.05, 4.69) is 33.5 Å². The van der Waals surface area contributed by atoms with Crippen LogP contribution in [-0.2, 0) is 4.74 Å². The fourth-order valence-corrected chi connectivity index (χ4v) is 4.49. The lowest BCUT2D eigenvalue weighted by molar-refractivity contribution is 0.211. The molecule has 6 heteroatoms. The van der Waals surface area contributed by atoms with Crippen molar-refractivity contribution in [2.75, 3.05) is 25.6 Å². The van der Waals surface area contributed by atoms with Crippen LogP contribution in [0.5, 0.6) is 0 Å². The van der Waals surface area contributed by atoms with E-state index in [1.165, 1.54) is 25.7 Å². The number of H-pyrrole nitrogens is 2. The average Bonchev–Trinajstić information content (AvgIpc) is 3.38.